The van der Waals surface area contributed by atoms with Crippen molar-refractivity contribution in [2.24, 2.45) is 7.05 Å². The van der Waals surface area contributed by atoms with Crippen molar-refractivity contribution in [1.82, 2.24) is 34.9 Å². The molecule has 0 aliphatic carbocycles. The number of aromatic amines is 2. The van der Waals surface area contributed by atoms with E-state index < -0.39 is 0 Å². The molecule has 0 saturated heterocycles. The van der Waals surface area contributed by atoms with Gasteiger partial charge >= 0.3 is 0 Å². The number of nitrogens with zero attached hydrogens (tertiary/aromatic N) is 5. The third kappa shape index (κ3) is 1.91. The summed E-state index contributed by atoms with van der Waals surface area (Å²) >= 11 is 0. The van der Waals surface area contributed by atoms with Crippen LogP contribution >= 0.6 is 0 Å². The molecule has 0 radical (unpaired) electrons. The molecule has 2 N–H and O–H groups in total. The molecule has 0 atom stereocenters. The number of aromatic nitrogens is 7. The van der Waals surface area contributed by atoms with Crippen LogP contribution in [-0.2, 0) is 7.05 Å². The van der Waals surface area contributed by atoms with E-state index in [-0.39, 0.29) is 0 Å². The van der Waals surface area contributed by atoms with Gasteiger partial charge in [0.15, 0.2) is 5.65 Å². The minimum absolute atomic E-state index is 0.684. The Kier molecular flexibility index (Phi) is 2.58. The summed E-state index contributed by atoms with van der Waals surface area (Å²) in [5, 5.41) is 13.6. The van der Waals surface area contributed by atoms with Gasteiger partial charge < -0.3 is 4.98 Å². The maximum Gasteiger partial charge on any atom is 0.181 e. The van der Waals surface area contributed by atoms with E-state index in [1.165, 1.54) is 0 Å². The lowest BCUT2D eigenvalue weighted by Crippen LogP contribution is -1.84. The summed E-state index contributed by atoms with van der Waals surface area (Å²) in [7, 11) is 1.90. The normalized spacial score (nSPS) is 11.5. The summed E-state index contributed by atoms with van der Waals surface area (Å²) in [4.78, 5) is 12.1. The molecular weight excluding hydrogens is 302 g/mol. The molecule has 116 valence electrons. The first-order chi connectivity index (χ1) is 11.8. The summed E-state index contributed by atoms with van der Waals surface area (Å²) in [5.41, 5.74) is 5.42. The molecule has 0 aliphatic heterocycles. The molecule has 0 unspecified atom stereocenters. The second-order valence-corrected chi connectivity index (χ2v) is 5.72. The lowest BCUT2D eigenvalue weighted by Gasteiger charge is -1.98. The van der Waals surface area contributed by atoms with Gasteiger partial charge in [-0.05, 0) is 24.3 Å². The van der Waals surface area contributed by atoms with Crippen molar-refractivity contribution in [2.75, 3.05) is 0 Å². The van der Waals surface area contributed by atoms with E-state index in [0.29, 0.717) is 5.65 Å². The first-order valence-electron chi connectivity index (χ1n) is 7.55. The number of rotatable bonds is 2. The van der Waals surface area contributed by atoms with Gasteiger partial charge in [0.05, 0.1) is 17.6 Å². The van der Waals surface area contributed by atoms with Crippen LogP contribution in [0.3, 0.4) is 0 Å². The van der Waals surface area contributed by atoms with Crippen molar-refractivity contribution in [3.63, 3.8) is 0 Å². The smallest absolute Gasteiger partial charge is 0.181 e. The van der Waals surface area contributed by atoms with Gasteiger partial charge in [-0.1, -0.05) is 0 Å². The molecule has 5 aromatic rings. The lowest BCUT2D eigenvalue weighted by molar-refractivity contribution is 0.768. The Hall–Kier alpha value is -3.48. The van der Waals surface area contributed by atoms with Gasteiger partial charge in [0, 0.05) is 47.5 Å². The highest BCUT2D eigenvalue weighted by Crippen LogP contribution is 2.30. The van der Waals surface area contributed by atoms with Gasteiger partial charge in [-0.3, -0.25) is 9.78 Å². The standard InChI is InChI=1S/C17H13N7/c1-24-9-12(8-20-24)11-5-13-15(22-23-17(13)19-7-11)14-6-10-3-2-4-18-16(10)21-14/h2-9H,1H3,(H,18,21)(H,19,22,23). The van der Waals surface area contributed by atoms with E-state index >= 15 is 0 Å². The average Bonchev–Trinajstić information content (AvgIpc) is 3.30. The first-order valence-corrected chi connectivity index (χ1v) is 7.55. The van der Waals surface area contributed by atoms with E-state index in [1.807, 2.05) is 37.8 Å². The van der Waals surface area contributed by atoms with Crippen LogP contribution in [0.15, 0.2) is 49.1 Å². The number of H-pyrrole nitrogens is 2. The van der Waals surface area contributed by atoms with Crippen LogP contribution in [0.1, 0.15) is 0 Å². The Labute approximate surface area is 136 Å². The van der Waals surface area contributed by atoms with Gasteiger partial charge in [-0.15, -0.1) is 0 Å². The zero-order chi connectivity index (χ0) is 16.1. The number of hydrogen-bond donors (Lipinski definition) is 2. The zero-order valence-electron chi connectivity index (χ0n) is 12.9. The molecular formula is C17H13N7. The van der Waals surface area contributed by atoms with Crippen LogP contribution in [0.4, 0.5) is 0 Å². The van der Waals surface area contributed by atoms with Crippen LogP contribution < -0.4 is 0 Å². The molecule has 5 aromatic heterocycles. The van der Waals surface area contributed by atoms with Crippen molar-refractivity contribution < 1.29 is 0 Å². The first kappa shape index (κ1) is 13.0. The zero-order valence-corrected chi connectivity index (χ0v) is 12.9. The highest BCUT2D eigenvalue weighted by atomic mass is 15.2. The van der Waals surface area contributed by atoms with Crippen molar-refractivity contribution in [2.45, 2.75) is 0 Å². The highest BCUT2D eigenvalue weighted by Gasteiger charge is 2.13. The SMILES string of the molecule is Cn1cc(-c2cnc3n[nH]c(-c4cc5cccnc5[nH]4)c3c2)cn1. The number of aryl methyl sites for hydroxylation is 1. The summed E-state index contributed by atoms with van der Waals surface area (Å²) in [6.45, 7) is 0. The Balaban J connectivity index is 1.70. The molecule has 0 bridgehead atoms. The number of nitrogens with one attached hydrogen (secondary N) is 2. The fourth-order valence-corrected chi connectivity index (χ4v) is 2.93. The van der Waals surface area contributed by atoms with Gasteiger partial charge in [-0.2, -0.15) is 10.2 Å². The molecule has 0 saturated carbocycles. The predicted octanol–water partition coefficient (Wildman–Crippen LogP) is 2.90. The van der Waals surface area contributed by atoms with Gasteiger partial charge in [-0.25, -0.2) is 9.97 Å². The average molecular weight is 315 g/mol. The van der Waals surface area contributed by atoms with E-state index in [0.717, 1.165) is 38.9 Å². The highest BCUT2D eigenvalue weighted by molar-refractivity contribution is 5.95. The molecule has 24 heavy (non-hydrogen) atoms. The second-order valence-electron chi connectivity index (χ2n) is 5.72. The van der Waals surface area contributed by atoms with Crippen LogP contribution in [-0.4, -0.2) is 34.9 Å². The molecule has 7 nitrogen and oxygen atoms in total. The third-order valence-corrected chi connectivity index (χ3v) is 4.11. The molecule has 0 fully saturated rings. The molecule has 0 amide bonds. The minimum atomic E-state index is 0.684. The van der Waals surface area contributed by atoms with Crippen molar-refractivity contribution in [1.29, 1.82) is 0 Å². The van der Waals surface area contributed by atoms with E-state index in [4.69, 9.17) is 0 Å². The number of fused-ring (bicyclic) bond motifs is 2. The second kappa shape index (κ2) is 4.76. The minimum Gasteiger partial charge on any atom is -0.338 e. The Bertz CT molecular complexity index is 1150. The number of pyridine rings is 2. The lowest BCUT2D eigenvalue weighted by atomic mass is 10.1. The monoisotopic (exact) mass is 315 g/mol. The third-order valence-electron chi connectivity index (χ3n) is 4.11. The molecule has 5 rings (SSSR count). The van der Waals surface area contributed by atoms with Crippen LogP contribution in [0, 0.1) is 0 Å². The van der Waals surface area contributed by atoms with Crippen molar-refractivity contribution in [3.05, 3.63) is 49.1 Å². The molecule has 5 heterocycles. The molecule has 0 aromatic carbocycles. The van der Waals surface area contributed by atoms with E-state index in [9.17, 15) is 0 Å². The van der Waals surface area contributed by atoms with Gasteiger partial charge in [0.1, 0.15) is 5.65 Å². The molecule has 7 heteroatoms. The van der Waals surface area contributed by atoms with Crippen molar-refractivity contribution in [3.8, 4) is 22.5 Å². The largest absolute Gasteiger partial charge is 0.338 e. The topological polar surface area (TPSA) is 88.1 Å². The Morgan fingerprint density at radius 3 is 2.88 bits per heavy atom. The molecule has 0 aliphatic rings. The summed E-state index contributed by atoms with van der Waals surface area (Å²) in [6.07, 6.45) is 7.39. The summed E-state index contributed by atoms with van der Waals surface area (Å²) < 4.78 is 1.78. The van der Waals surface area contributed by atoms with Gasteiger partial charge in [0.25, 0.3) is 0 Å². The van der Waals surface area contributed by atoms with Crippen LogP contribution in [0.2, 0.25) is 0 Å². The van der Waals surface area contributed by atoms with Gasteiger partial charge in [0.2, 0.25) is 0 Å². The molecule has 0 spiro atoms. The fraction of sp³-hybridized carbons (Fsp3) is 0.0588. The maximum absolute atomic E-state index is 4.46. The van der Waals surface area contributed by atoms with E-state index in [1.54, 1.807) is 10.9 Å². The van der Waals surface area contributed by atoms with E-state index in [2.05, 4.69) is 42.4 Å². The van der Waals surface area contributed by atoms with Crippen LogP contribution in [0.25, 0.3) is 44.6 Å². The quantitative estimate of drug-likeness (QED) is 0.524. The fourth-order valence-electron chi connectivity index (χ4n) is 2.93. The number of hydrogen-bond acceptors (Lipinski definition) is 4. The maximum atomic E-state index is 4.46. The Morgan fingerprint density at radius 1 is 1.08 bits per heavy atom. The Morgan fingerprint density at radius 2 is 2.04 bits per heavy atom. The summed E-state index contributed by atoms with van der Waals surface area (Å²) in [5.74, 6) is 0. The predicted molar refractivity (Wildman–Crippen MR) is 91.2 cm³/mol. The van der Waals surface area contributed by atoms with Crippen LogP contribution in [0.5, 0.6) is 0 Å². The van der Waals surface area contributed by atoms with Crippen molar-refractivity contribution >= 4 is 22.1 Å². The summed E-state index contributed by atoms with van der Waals surface area (Å²) in [6, 6.07) is 8.09.